The zero-order valence-corrected chi connectivity index (χ0v) is 11.6. The van der Waals surface area contributed by atoms with E-state index in [4.69, 9.17) is 13.9 Å². The van der Waals surface area contributed by atoms with Crippen molar-refractivity contribution in [3.8, 4) is 11.5 Å². The molecule has 0 aliphatic carbocycles. The highest BCUT2D eigenvalue weighted by atomic mass is 16.7. The summed E-state index contributed by atoms with van der Waals surface area (Å²) in [5.41, 5.74) is 1.14. The summed E-state index contributed by atoms with van der Waals surface area (Å²) < 4.78 is 16.2. The Morgan fingerprint density at radius 3 is 3.00 bits per heavy atom. The fraction of sp³-hybridized carbons (Fsp3) is 0.375. The summed E-state index contributed by atoms with van der Waals surface area (Å²) in [6, 6.07) is 10.4. The maximum atomic E-state index is 5.50. The number of rotatable bonds is 6. The van der Waals surface area contributed by atoms with E-state index in [1.807, 2.05) is 24.3 Å². The lowest BCUT2D eigenvalue weighted by Gasteiger charge is -2.14. The number of ether oxygens (including phenoxy) is 2. The average Bonchev–Trinajstić information content (AvgIpc) is 3.13. The summed E-state index contributed by atoms with van der Waals surface area (Å²) in [6.45, 7) is 3.29. The van der Waals surface area contributed by atoms with Crippen molar-refractivity contribution in [3.63, 3.8) is 0 Å². The molecule has 1 unspecified atom stereocenters. The standard InChI is InChI=1S/C16H19NO3/c1-12(7-8-14-5-3-9-18-14)17-10-13-4-2-6-15-16(13)20-11-19-15/h2-6,9,12,17H,7-8,10-11H2,1H3. The molecule has 1 aromatic carbocycles. The van der Waals surface area contributed by atoms with E-state index < -0.39 is 0 Å². The first-order chi connectivity index (χ1) is 9.83. The van der Waals surface area contributed by atoms with Crippen molar-refractivity contribution in [2.24, 2.45) is 0 Å². The molecule has 3 rings (SSSR count). The van der Waals surface area contributed by atoms with Gasteiger partial charge in [-0.25, -0.2) is 0 Å². The molecule has 1 aromatic heterocycles. The van der Waals surface area contributed by atoms with Crippen molar-refractivity contribution < 1.29 is 13.9 Å². The third-order valence-electron chi connectivity index (χ3n) is 3.52. The second kappa shape index (κ2) is 6.01. The topological polar surface area (TPSA) is 43.6 Å². The highest BCUT2D eigenvalue weighted by Crippen LogP contribution is 2.35. The molecule has 2 heterocycles. The second-order valence-electron chi connectivity index (χ2n) is 5.05. The van der Waals surface area contributed by atoms with Gasteiger partial charge in [-0.1, -0.05) is 12.1 Å². The average molecular weight is 273 g/mol. The van der Waals surface area contributed by atoms with Gasteiger partial charge in [-0.15, -0.1) is 0 Å². The van der Waals surface area contributed by atoms with Gasteiger partial charge in [-0.05, 0) is 31.5 Å². The Kier molecular flexibility index (Phi) is 3.92. The third kappa shape index (κ3) is 2.96. The first-order valence-corrected chi connectivity index (χ1v) is 6.96. The van der Waals surface area contributed by atoms with Crippen molar-refractivity contribution in [1.29, 1.82) is 0 Å². The molecule has 0 saturated heterocycles. The Morgan fingerprint density at radius 2 is 2.15 bits per heavy atom. The molecule has 0 amide bonds. The molecule has 4 heteroatoms. The van der Waals surface area contributed by atoms with Crippen molar-refractivity contribution in [3.05, 3.63) is 47.9 Å². The van der Waals surface area contributed by atoms with Crippen LogP contribution in [0.4, 0.5) is 0 Å². The van der Waals surface area contributed by atoms with E-state index in [1.54, 1.807) is 6.26 Å². The van der Waals surface area contributed by atoms with Gasteiger partial charge in [0.25, 0.3) is 0 Å². The van der Waals surface area contributed by atoms with Crippen LogP contribution in [0.2, 0.25) is 0 Å². The van der Waals surface area contributed by atoms with Gasteiger partial charge < -0.3 is 19.2 Å². The Bertz CT molecular complexity index is 551. The van der Waals surface area contributed by atoms with E-state index in [0.29, 0.717) is 12.8 Å². The van der Waals surface area contributed by atoms with Crippen LogP contribution in [0.1, 0.15) is 24.7 Å². The van der Waals surface area contributed by atoms with Gasteiger partial charge >= 0.3 is 0 Å². The van der Waals surface area contributed by atoms with Crippen molar-refractivity contribution in [2.75, 3.05) is 6.79 Å². The van der Waals surface area contributed by atoms with Gasteiger partial charge in [-0.2, -0.15) is 0 Å². The lowest BCUT2D eigenvalue weighted by atomic mass is 10.1. The maximum Gasteiger partial charge on any atom is 0.231 e. The number of benzene rings is 1. The van der Waals surface area contributed by atoms with Crippen molar-refractivity contribution in [2.45, 2.75) is 32.4 Å². The van der Waals surface area contributed by atoms with Crippen molar-refractivity contribution in [1.82, 2.24) is 5.32 Å². The van der Waals surface area contributed by atoms with Gasteiger partial charge in [-0.3, -0.25) is 0 Å². The van der Waals surface area contributed by atoms with Gasteiger partial charge in [0.2, 0.25) is 6.79 Å². The zero-order chi connectivity index (χ0) is 13.8. The van der Waals surface area contributed by atoms with Gasteiger partial charge in [0.15, 0.2) is 11.5 Å². The first kappa shape index (κ1) is 13.1. The summed E-state index contributed by atoms with van der Waals surface area (Å²) >= 11 is 0. The summed E-state index contributed by atoms with van der Waals surface area (Å²) in [4.78, 5) is 0. The number of fused-ring (bicyclic) bond motifs is 1. The molecule has 2 aromatic rings. The van der Waals surface area contributed by atoms with Crippen LogP contribution in [0.5, 0.6) is 11.5 Å². The smallest absolute Gasteiger partial charge is 0.231 e. The molecule has 1 aliphatic heterocycles. The van der Waals surface area contributed by atoms with Crippen LogP contribution in [-0.4, -0.2) is 12.8 Å². The molecular weight excluding hydrogens is 254 g/mol. The number of hydrogen-bond acceptors (Lipinski definition) is 4. The predicted molar refractivity (Wildman–Crippen MR) is 75.9 cm³/mol. The SMILES string of the molecule is CC(CCc1ccco1)NCc1cccc2c1OCO2. The molecule has 0 spiro atoms. The van der Waals surface area contributed by atoms with Gasteiger partial charge in [0.1, 0.15) is 5.76 Å². The van der Waals surface area contributed by atoms with E-state index in [0.717, 1.165) is 42.2 Å². The third-order valence-corrected chi connectivity index (χ3v) is 3.52. The number of hydrogen-bond donors (Lipinski definition) is 1. The fourth-order valence-electron chi connectivity index (χ4n) is 2.33. The van der Waals surface area contributed by atoms with Crippen LogP contribution in [0.15, 0.2) is 41.0 Å². The summed E-state index contributed by atoms with van der Waals surface area (Å²) in [6.07, 6.45) is 3.71. The molecule has 0 radical (unpaired) electrons. The summed E-state index contributed by atoms with van der Waals surface area (Å²) in [5.74, 6) is 2.75. The number of aryl methyl sites for hydroxylation is 1. The highest BCUT2D eigenvalue weighted by molar-refractivity contribution is 5.48. The molecule has 0 fully saturated rings. The lowest BCUT2D eigenvalue weighted by molar-refractivity contribution is 0.173. The quantitative estimate of drug-likeness (QED) is 0.878. The fourth-order valence-corrected chi connectivity index (χ4v) is 2.33. The normalized spacial score (nSPS) is 14.4. The predicted octanol–water partition coefficient (Wildman–Crippen LogP) is 3.12. The van der Waals surface area contributed by atoms with Crippen LogP contribution in [-0.2, 0) is 13.0 Å². The van der Waals surface area contributed by atoms with E-state index in [1.165, 1.54) is 0 Å². The molecular formula is C16H19NO3. The van der Waals surface area contributed by atoms with Crippen molar-refractivity contribution >= 4 is 0 Å². The Morgan fingerprint density at radius 1 is 1.20 bits per heavy atom. The Hall–Kier alpha value is -1.94. The minimum absolute atomic E-state index is 0.320. The summed E-state index contributed by atoms with van der Waals surface area (Å²) in [7, 11) is 0. The van der Waals surface area contributed by atoms with Crippen LogP contribution in [0.25, 0.3) is 0 Å². The number of nitrogens with one attached hydrogen (secondary N) is 1. The zero-order valence-electron chi connectivity index (χ0n) is 11.6. The van der Waals surface area contributed by atoms with E-state index in [9.17, 15) is 0 Å². The van der Waals surface area contributed by atoms with Crippen LogP contribution in [0.3, 0.4) is 0 Å². The minimum atomic E-state index is 0.320. The van der Waals surface area contributed by atoms with Crippen LogP contribution in [0, 0.1) is 0 Å². The molecule has 20 heavy (non-hydrogen) atoms. The number of para-hydroxylation sites is 1. The molecule has 1 N–H and O–H groups in total. The van der Waals surface area contributed by atoms with Gasteiger partial charge in [0.05, 0.1) is 6.26 Å². The Labute approximate surface area is 118 Å². The monoisotopic (exact) mass is 273 g/mol. The largest absolute Gasteiger partial charge is 0.469 e. The van der Waals surface area contributed by atoms with E-state index in [-0.39, 0.29) is 0 Å². The van der Waals surface area contributed by atoms with Gasteiger partial charge in [0, 0.05) is 24.6 Å². The molecule has 1 aliphatic rings. The second-order valence-corrected chi connectivity index (χ2v) is 5.05. The van der Waals surface area contributed by atoms with Crippen LogP contribution < -0.4 is 14.8 Å². The summed E-state index contributed by atoms with van der Waals surface area (Å²) in [5, 5.41) is 3.51. The molecule has 0 saturated carbocycles. The van der Waals surface area contributed by atoms with E-state index in [2.05, 4.69) is 18.3 Å². The molecule has 106 valence electrons. The van der Waals surface area contributed by atoms with Crippen LogP contribution >= 0.6 is 0 Å². The first-order valence-electron chi connectivity index (χ1n) is 6.96. The number of furan rings is 1. The molecule has 0 bridgehead atoms. The molecule has 4 nitrogen and oxygen atoms in total. The highest BCUT2D eigenvalue weighted by Gasteiger charge is 2.17. The molecule has 1 atom stereocenters. The van der Waals surface area contributed by atoms with E-state index >= 15 is 0 Å². The minimum Gasteiger partial charge on any atom is -0.469 e. The maximum absolute atomic E-state index is 5.50. The lowest BCUT2D eigenvalue weighted by Crippen LogP contribution is -2.26. The Balaban J connectivity index is 1.50.